The average Bonchev–Trinajstić information content (AvgIpc) is 1.72. The second-order valence-corrected chi connectivity index (χ2v) is 1.09. The summed E-state index contributed by atoms with van der Waals surface area (Å²) < 4.78 is 0. The standard InChI is InChI=1S/C4H6O2.CH4O.U/c1-3(2)4(5)6;1-2;/h1H2,2H3,(H,5,6);2H,1H3;. The number of rotatable bonds is 1. The molecule has 3 nitrogen and oxygen atoms in total. The predicted molar refractivity (Wildman–Crippen MR) is 30.6 cm³/mol. The van der Waals surface area contributed by atoms with Crippen LogP contribution in [0.1, 0.15) is 6.92 Å². The molecule has 52 valence electrons. The van der Waals surface area contributed by atoms with Crippen molar-refractivity contribution in [3.8, 4) is 0 Å². The summed E-state index contributed by atoms with van der Waals surface area (Å²) in [5.74, 6) is -0.935. The van der Waals surface area contributed by atoms with Crippen LogP contribution in [0.25, 0.3) is 0 Å². The number of carboxylic acids is 1. The van der Waals surface area contributed by atoms with Crippen LogP contribution >= 0.6 is 0 Å². The molecule has 0 atom stereocenters. The van der Waals surface area contributed by atoms with Crippen molar-refractivity contribution in [2.45, 2.75) is 6.92 Å². The van der Waals surface area contributed by atoms with E-state index in [1.54, 1.807) is 0 Å². The van der Waals surface area contributed by atoms with Gasteiger partial charge in [-0.1, -0.05) is 6.58 Å². The van der Waals surface area contributed by atoms with Crippen molar-refractivity contribution in [2.24, 2.45) is 0 Å². The molecular formula is C5H10O3U. The Kier molecular flexibility index (Phi) is 19.8. The summed E-state index contributed by atoms with van der Waals surface area (Å²) in [5.41, 5.74) is 0.176. The van der Waals surface area contributed by atoms with Gasteiger partial charge in [-0.2, -0.15) is 0 Å². The molecule has 0 bridgehead atoms. The van der Waals surface area contributed by atoms with Crippen LogP contribution in [0, 0.1) is 31.1 Å². The monoisotopic (exact) mass is 356 g/mol. The molecule has 0 spiro atoms. The first-order valence-electron chi connectivity index (χ1n) is 1.98. The molecule has 0 amide bonds. The SMILES string of the molecule is C=C(C)C(=O)O.CO.[U]. The third-order valence-electron chi connectivity index (χ3n) is 0.365. The molecule has 0 unspecified atom stereocenters. The number of hydrogen-bond donors (Lipinski definition) is 2. The van der Waals surface area contributed by atoms with Crippen LogP contribution < -0.4 is 0 Å². The number of carbonyl (C=O) groups is 1. The molecule has 0 rings (SSSR count). The summed E-state index contributed by atoms with van der Waals surface area (Å²) in [6.45, 7) is 4.60. The van der Waals surface area contributed by atoms with E-state index in [0.29, 0.717) is 0 Å². The van der Waals surface area contributed by atoms with Gasteiger partial charge in [0, 0.05) is 43.8 Å². The zero-order chi connectivity index (χ0) is 7.15. The van der Waals surface area contributed by atoms with Gasteiger partial charge in [0.25, 0.3) is 0 Å². The summed E-state index contributed by atoms with van der Waals surface area (Å²) in [4.78, 5) is 9.60. The van der Waals surface area contributed by atoms with E-state index >= 15 is 0 Å². The van der Waals surface area contributed by atoms with E-state index in [9.17, 15) is 4.79 Å². The van der Waals surface area contributed by atoms with E-state index in [1.807, 2.05) is 0 Å². The normalized spacial score (nSPS) is 5.67. The fourth-order valence-electron chi connectivity index (χ4n) is 0. The Balaban J connectivity index is -0.000000109. The Morgan fingerprint density at radius 3 is 1.56 bits per heavy atom. The van der Waals surface area contributed by atoms with Gasteiger partial charge in [0.15, 0.2) is 0 Å². The van der Waals surface area contributed by atoms with E-state index in [4.69, 9.17) is 10.2 Å². The van der Waals surface area contributed by atoms with Gasteiger partial charge >= 0.3 is 5.97 Å². The zero-order valence-corrected chi connectivity index (χ0v) is 9.67. The maximum Gasteiger partial charge on any atom is 0.330 e. The molecule has 0 saturated carbocycles. The first-order valence-corrected chi connectivity index (χ1v) is 1.98. The Morgan fingerprint density at radius 1 is 1.44 bits per heavy atom. The molecule has 0 heterocycles. The third-order valence-corrected chi connectivity index (χ3v) is 0.365. The van der Waals surface area contributed by atoms with Gasteiger partial charge in [-0.05, 0) is 6.92 Å². The van der Waals surface area contributed by atoms with Crippen molar-refractivity contribution in [2.75, 3.05) is 7.11 Å². The molecule has 0 aromatic carbocycles. The van der Waals surface area contributed by atoms with Crippen molar-refractivity contribution < 1.29 is 46.1 Å². The minimum atomic E-state index is -0.935. The summed E-state index contributed by atoms with van der Waals surface area (Å²) in [6.07, 6.45) is 0. The van der Waals surface area contributed by atoms with Gasteiger partial charge < -0.3 is 10.2 Å². The zero-order valence-electron chi connectivity index (χ0n) is 5.51. The molecule has 0 saturated heterocycles. The molecular weight excluding hydrogens is 346 g/mol. The van der Waals surface area contributed by atoms with Crippen LogP contribution in [-0.4, -0.2) is 23.3 Å². The van der Waals surface area contributed by atoms with E-state index in [2.05, 4.69) is 6.58 Å². The minimum Gasteiger partial charge on any atom is -0.478 e. The summed E-state index contributed by atoms with van der Waals surface area (Å²) in [6, 6.07) is 0. The molecule has 4 heteroatoms. The second kappa shape index (κ2) is 11.1. The minimum absolute atomic E-state index is 0. The van der Waals surface area contributed by atoms with Crippen LogP contribution in [0.5, 0.6) is 0 Å². The Bertz CT molecular complexity index is 78.2. The summed E-state index contributed by atoms with van der Waals surface area (Å²) in [5, 5.41) is 14.9. The molecule has 0 aromatic heterocycles. The van der Waals surface area contributed by atoms with Crippen molar-refractivity contribution in [3.05, 3.63) is 12.2 Å². The van der Waals surface area contributed by atoms with Crippen LogP contribution in [0.3, 0.4) is 0 Å². The van der Waals surface area contributed by atoms with Crippen molar-refractivity contribution in [1.29, 1.82) is 0 Å². The summed E-state index contributed by atoms with van der Waals surface area (Å²) >= 11 is 0. The van der Waals surface area contributed by atoms with Crippen molar-refractivity contribution >= 4 is 5.97 Å². The largest absolute Gasteiger partial charge is 0.478 e. The number of aliphatic hydroxyl groups excluding tert-OH is 1. The first-order chi connectivity index (χ1) is 3.64. The van der Waals surface area contributed by atoms with Crippen LogP contribution in [0.2, 0.25) is 0 Å². The second-order valence-electron chi connectivity index (χ2n) is 1.09. The molecule has 0 fully saturated rings. The van der Waals surface area contributed by atoms with E-state index in [0.717, 1.165) is 7.11 Å². The Hall–Kier alpha value is 0.222. The van der Waals surface area contributed by atoms with Gasteiger partial charge in [-0.25, -0.2) is 4.79 Å². The van der Waals surface area contributed by atoms with Gasteiger partial charge in [0.2, 0.25) is 0 Å². The number of aliphatic carboxylic acids is 1. The smallest absolute Gasteiger partial charge is 0.330 e. The van der Waals surface area contributed by atoms with Gasteiger partial charge in [0.05, 0.1) is 0 Å². The maximum atomic E-state index is 9.60. The van der Waals surface area contributed by atoms with E-state index < -0.39 is 5.97 Å². The number of hydrogen-bond acceptors (Lipinski definition) is 2. The predicted octanol–water partition coefficient (Wildman–Crippen LogP) is 0.256. The van der Waals surface area contributed by atoms with E-state index in [1.165, 1.54) is 6.92 Å². The van der Waals surface area contributed by atoms with E-state index in [-0.39, 0.29) is 36.7 Å². The van der Waals surface area contributed by atoms with Gasteiger partial charge in [0.1, 0.15) is 0 Å². The molecule has 9 heavy (non-hydrogen) atoms. The van der Waals surface area contributed by atoms with Crippen LogP contribution in [-0.2, 0) is 4.79 Å². The number of aliphatic hydroxyl groups is 1. The third kappa shape index (κ3) is 17.9. The molecule has 0 aliphatic carbocycles. The van der Waals surface area contributed by atoms with Gasteiger partial charge in [-0.15, -0.1) is 0 Å². The molecule has 2 N–H and O–H groups in total. The van der Waals surface area contributed by atoms with Gasteiger partial charge in [-0.3, -0.25) is 0 Å². The van der Waals surface area contributed by atoms with Crippen LogP contribution in [0.15, 0.2) is 12.2 Å². The fourth-order valence-corrected chi connectivity index (χ4v) is 0. The van der Waals surface area contributed by atoms with Crippen molar-refractivity contribution in [1.82, 2.24) is 0 Å². The fraction of sp³-hybridized carbons (Fsp3) is 0.400. The molecule has 0 radical (unpaired) electrons. The topological polar surface area (TPSA) is 57.5 Å². The average molecular weight is 356 g/mol. The maximum absolute atomic E-state index is 9.60. The summed E-state index contributed by atoms with van der Waals surface area (Å²) in [7, 11) is 1.00. The Morgan fingerprint density at radius 2 is 1.56 bits per heavy atom. The Labute approximate surface area is 78.1 Å². The molecule has 0 aliphatic heterocycles. The molecule has 0 aliphatic rings. The first kappa shape index (κ1) is 16.1. The number of carboxylic acid groups (broad SMARTS) is 1. The quantitative estimate of drug-likeness (QED) is 0.663. The van der Waals surface area contributed by atoms with Crippen LogP contribution in [0.4, 0.5) is 0 Å². The van der Waals surface area contributed by atoms with Crippen molar-refractivity contribution in [3.63, 3.8) is 0 Å². The molecule has 0 aromatic rings.